The molecule has 0 amide bonds. The van der Waals surface area contributed by atoms with Gasteiger partial charge in [-0.15, -0.1) is 0 Å². The van der Waals surface area contributed by atoms with Gasteiger partial charge in [0.25, 0.3) is 0 Å². The molecule has 1 heterocycles. The van der Waals surface area contributed by atoms with Gasteiger partial charge in [-0.2, -0.15) is 10.5 Å². The van der Waals surface area contributed by atoms with Crippen LogP contribution in [0.5, 0.6) is 0 Å². The SMILES string of the molecule is CC1=CC(=C(C#N)C#N)C=C(/C=C\c2ccc(N(C)C)cc2)O1. The van der Waals surface area contributed by atoms with E-state index in [0.29, 0.717) is 17.1 Å². The third-order valence-electron chi connectivity index (χ3n) is 3.30. The summed E-state index contributed by atoms with van der Waals surface area (Å²) < 4.78 is 5.61. The maximum absolute atomic E-state index is 8.98. The summed E-state index contributed by atoms with van der Waals surface area (Å²) in [4.78, 5) is 2.04. The van der Waals surface area contributed by atoms with E-state index in [4.69, 9.17) is 15.3 Å². The minimum atomic E-state index is 0.0777. The van der Waals surface area contributed by atoms with Crippen LogP contribution in [0, 0.1) is 22.7 Å². The zero-order valence-electron chi connectivity index (χ0n) is 13.4. The van der Waals surface area contributed by atoms with Crippen LogP contribution in [0.15, 0.2) is 65.2 Å². The maximum atomic E-state index is 8.98. The van der Waals surface area contributed by atoms with Crippen LogP contribution in [0.1, 0.15) is 12.5 Å². The summed E-state index contributed by atoms with van der Waals surface area (Å²) in [5.74, 6) is 1.24. The van der Waals surface area contributed by atoms with Crippen molar-refractivity contribution in [3.05, 3.63) is 70.7 Å². The summed E-state index contributed by atoms with van der Waals surface area (Å²) in [7, 11) is 3.99. The highest BCUT2D eigenvalue weighted by molar-refractivity contribution is 5.59. The summed E-state index contributed by atoms with van der Waals surface area (Å²) in [6, 6.07) is 11.9. The molecular weight excluding hydrogens is 286 g/mol. The van der Waals surface area contributed by atoms with Gasteiger partial charge in [-0.05, 0) is 42.8 Å². The van der Waals surface area contributed by atoms with E-state index < -0.39 is 0 Å². The molecule has 0 radical (unpaired) electrons. The molecule has 0 saturated heterocycles. The van der Waals surface area contributed by atoms with Gasteiger partial charge in [-0.25, -0.2) is 0 Å². The lowest BCUT2D eigenvalue weighted by Crippen LogP contribution is -2.07. The Hall–Kier alpha value is -3.24. The lowest BCUT2D eigenvalue weighted by atomic mass is 10.1. The number of rotatable bonds is 3. The first-order valence-electron chi connectivity index (χ1n) is 7.11. The molecule has 0 atom stereocenters. The maximum Gasteiger partial charge on any atom is 0.137 e. The number of allylic oxidation sites excluding steroid dienone is 6. The number of benzene rings is 1. The topological polar surface area (TPSA) is 60.0 Å². The van der Waals surface area contributed by atoms with Crippen LogP contribution in [-0.4, -0.2) is 14.1 Å². The Labute approximate surface area is 136 Å². The minimum absolute atomic E-state index is 0.0777. The Morgan fingerprint density at radius 3 is 2.26 bits per heavy atom. The van der Waals surface area contributed by atoms with E-state index in [1.807, 2.05) is 67.6 Å². The quantitative estimate of drug-likeness (QED) is 0.794. The van der Waals surface area contributed by atoms with Crippen molar-refractivity contribution in [1.82, 2.24) is 0 Å². The van der Waals surface area contributed by atoms with E-state index in [9.17, 15) is 0 Å². The van der Waals surface area contributed by atoms with Crippen molar-refractivity contribution < 1.29 is 4.74 Å². The van der Waals surface area contributed by atoms with E-state index in [2.05, 4.69) is 0 Å². The van der Waals surface area contributed by atoms with Crippen LogP contribution in [0.3, 0.4) is 0 Å². The Kier molecular flexibility index (Phi) is 5.02. The molecule has 0 aliphatic carbocycles. The Morgan fingerprint density at radius 2 is 1.70 bits per heavy atom. The normalized spacial score (nSPS) is 13.5. The summed E-state index contributed by atoms with van der Waals surface area (Å²) in [6.07, 6.45) is 7.14. The largest absolute Gasteiger partial charge is 0.462 e. The van der Waals surface area contributed by atoms with E-state index in [1.54, 1.807) is 19.1 Å². The first-order valence-corrected chi connectivity index (χ1v) is 7.11. The molecule has 0 aromatic heterocycles. The van der Waals surface area contributed by atoms with Gasteiger partial charge < -0.3 is 9.64 Å². The van der Waals surface area contributed by atoms with Crippen LogP contribution < -0.4 is 4.90 Å². The summed E-state index contributed by atoms with van der Waals surface area (Å²) in [5.41, 5.74) is 2.82. The molecule has 1 aromatic carbocycles. The number of hydrogen-bond donors (Lipinski definition) is 0. The molecule has 0 bridgehead atoms. The molecule has 1 aliphatic heterocycles. The lowest BCUT2D eigenvalue weighted by Gasteiger charge is -2.13. The molecule has 1 aliphatic rings. The Bertz CT molecular complexity index is 779. The van der Waals surface area contributed by atoms with E-state index >= 15 is 0 Å². The van der Waals surface area contributed by atoms with Gasteiger partial charge in [0.2, 0.25) is 0 Å². The first-order chi connectivity index (χ1) is 11.0. The lowest BCUT2D eigenvalue weighted by molar-refractivity contribution is 0.318. The second-order valence-corrected chi connectivity index (χ2v) is 5.28. The van der Waals surface area contributed by atoms with Crippen molar-refractivity contribution in [3.8, 4) is 12.1 Å². The van der Waals surface area contributed by atoms with Crippen LogP contribution in [0.2, 0.25) is 0 Å². The molecule has 0 spiro atoms. The van der Waals surface area contributed by atoms with Gasteiger partial charge in [-0.1, -0.05) is 18.2 Å². The fourth-order valence-corrected chi connectivity index (χ4v) is 2.10. The van der Waals surface area contributed by atoms with Crippen LogP contribution in [0.25, 0.3) is 6.08 Å². The number of nitrogens with zero attached hydrogens (tertiary/aromatic N) is 3. The third-order valence-corrected chi connectivity index (χ3v) is 3.30. The van der Waals surface area contributed by atoms with Crippen molar-refractivity contribution >= 4 is 11.8 Å². The molecule has 0 unspecified atom stereocenters. The van der Waals surface area contributed by atoms with Crippen molar-refractivity contribution in [2.45, 2.75) is 6.92 Å². The first kappa shape index (κ1) is 16.1. The van der Waals surface area contributed by atoms with Gasteiger partial charge in [0.1, 0.15) is 29.2 Å². The smallest absolute Gasteiger partial charge is 0.137 e. The highest BCUT2D eigenvalue weighted by Crippen LogP contribution is 2.23. The third kappa shape index (κ3) is 4.12. The highest BCUT2D eigenvalue weighted by atomic mass is 16.5. The number of ether oxygens (including phenoxy) is 1. The Morgan fingerprint density at radius 1 is 1.04 bits per heavy atom. The summed E-state index contributed by atoms with van der Waals surface area (Å²) in [6.45, 7) is 1.79. The molecule has 4 nitrogen and oxygen atoms in total. The molecule has 114 valence electrons. The van der Waals surface area contributed by atoms with Crippen molar-refractivity contribution in [2.75, 3.05) is 19.0 Å². The van der Waals surface area contributed by atoms with E-state index in [0.717, 1.165) is 11.3 Å². The van der Waals surface area contributed by atoms with E-state index in [1.165, 1.54) is 0 Å². The van der Waals surface area contributed by atoms with Gasteiger partial charge in [0.05, 0.1) is 0 Å². The van der Waals surface area contributed by atoms with Gasteiger partial charge in [-0.3, -0.25) is 0 Å². The van der Waals surface area contributed by atoms with Gasteiger partial charge in [0.15, 0.2) is 0 Å². The minimum Gasteiger partial charge on any atom is -0.462 e. The molecule has 4 heteroatoms. The van der Waals surface area contributed by atoms with Crippen LogP contribution >= 0.6 is 0 Å². The number of hydrogen-bond acceptors (Lipinski definition) is 4. The van der Waals surface area contributed by atoms with Crippen molar-refractivity contribution in [3.63, 3.8) is 0 Å². The second-order valence-electron chi connectivity index (χ2n) is 5.28. The molecule has 2 rings (SSSR count). The second kappa shape index (κ2) is 7.15. The summed E-state index contributed by atoms with van der Waals surface area (Å²) in [5, 5.41) is 18.0. The monoisotopic (exact) mass is 303 g/mol. The van der Waals surface area contributed by atoms with Crippen molar-refractivity contribution in [1.29, 1.82) is 10.5 Å². The number of anilines is 1. The van der Waals surface area contributed by atoms with E-state index in [-0.39, 0.29) is 5.57 Å². The zero-order valence-corrected chi connectivity index (χ0v) is 13.4. The molecule has 23 heavy (non-hydrogen) atoms. The van der Waals surface area contributed by atoms with Gasteiger partial charge >= 0.3 is 0 Å². The Balaban J connectivity index is 2.24. The van der Waals surface area contributed by atoms with Gasteiger partial charge in [0, 0.05) is 25.4 Å². The average molecular weight is 303 g/mol. The predicted octanol–water partition coefficient (Wildman–Crippen LogP) is 3.93. The highest BCUT2D eigenvalue weighted by Gasteiger charge is 2.10. The zero-order chi connectivity index (χ0) is 16.8. The fourth-order valence-electron chi connectivity index (χ4n) is 2.10. The molecule has 0 N–H and O–H groups in total. The molecule has 1 aromatic rings. The standard InChI is InChI=1S/C19H17N3O/c1-14-10-16(17(12-20)13-21)11-19(23-14)9-6-15-4-7-18(8-5-15)22(2)3/h4-11H,1-3H3/b9-6-. The predicted molar refractivity (Wildman–Crippen MR) is 91.0 cm³/mol. The fraction of sp³-hybridized carbons (Fsp3) is 0.158. The molecular formula is C19H17N3O. The number of nitriles is 2. The van der Waals surface area contributed by atoms with Crippen LogP contribution in [0.4, 0.5) is 5.69 Å². The van der Waals surface area contributed by atoms with Crippen molar-refractivity contribution in [2.24, 2.45) is 0 Å². The molecule has 0 fully saturated rings. The average Bonchev–Trinajstić information content (AvgIpc) is 2.54. The summed E-state index contributed by atoms with van der Waals surface area (Å²) >= 11 is 0. The molecule has 0 saturated carbocycles. The van der Waals surface area contributed by atoms with Crippen LogP contribution in [-0.2, 0) is 4.74 Å².